The van der Waals surface area contributed by atoms with Crippen molar-refractivity contribution in [3.8, 4) is 5.75 Å². The molecule has 0 aliphatic carbocycles. The number of likely N-dealkylation sites (N-methyl/N-ethyl adjacent to an activating group) is 2. The number of ether oxygens (including phenoxy) is 1. The average molecular weight is 264 g/mol. The molecule has 0 spiro atoms. The van der Waals surface area contributed by atoms with Gasteiger partial charge in [0.1, 0.15) is 5.75 Å². The Balaban J connectivity index is 2.28. The number of nitrogen functional groups attached to an aromatic ring is 1. The van der Waals surface area contributed by atoms with Crippen LogP contribution in [-0.2, 0) is 9.59 Å². The van der Waals surface area contributed by atoms with Crippen LogP contribution in [0, 0.1) is 0 Å². The molecule has 4 N–H and O–H groups in total. The number of hydrogen-bond acceptors (Lipinski definition) is 5. The molecule has 102 valence electrons. The summed E-state index contributed by atoms with van der Waals surface area (Å²) >= 11 is 0. The Hall–Kier alpha value is -2.44. The summed E-state index contributed by atoms with van der Waals surface area (Å²) in [7, 11) is 3.32. The van der Waals surface area contributed by atoms with Gasteiger partial charge in [0, 0.05) is 20.2 Å². The van der Waals surface area contributed by atoms with Crippen LogP contribution < -0.4 is 26.0 Å². The van der Waals surface area contributed by atoms with Crippen molar-refractivity contribution in [2.75, 3.05) is 43.2 Å². The lowest BCUT2D eigenvalue weighted by Crippen LogP contribution is -2.33. The van der Waals surface area contributed by atoms with Crippen LogP contribution in [0.3, 0.4) is 0 Å². The Bertz CT molecular complexity index is 530. The molecule has 1 aliphatic rings. The quantitative estimate of drug-likeness (QED) is 0.656. The SMILES string of the molecule is CNC(=O)CN(C)c1cc2c(cc1N)OCC(=O)N2. The Labute approximate surface area is 110 Å². The van der Waals surface area contributed by atoms with E-state index in [9.17, 15) is 9.59 Å². The van der Waals surface area contributed by atoms with Gasteiger partial charge < -0.3 is 26.0 Å². The molecule has 0 saturated carbocycles. The number of rotatable bonds is 3. The molecule has 2 rings (SSSR count). The van der Waals surface area contributed by atoms with Gasteiger partial charge in [-0.25, -0.2) is 0 Å². The third-order valence-electron chi connectivity index (χ3n) is 2.83. The number of amides is 2. The molecule has 2 amide bonds. The molecular formula is C12H16N4O3. The van der Waals surface area contributed by atoms with E-state index in [1.165, 1.54) is 0 Å². The number of hydrogen-bond donors (Lipinski definition) is 3. The zero-order valence-corrected chi connectivity index (χ0v) is 10.8. The predicted octanol–water partition coefficient (Wildman–Crippen LogP) is -0.218. The number of carbonyl (C=O) groups is 2. The maximum absolute atomic E-state index is 11.4. The fourth-order valence-corrected chi connectivity index (χ4v) is 1.84. The van der Waals surface area contributed by atoms with Crippen LogP contribution >= 0.6 is 0 Å². The van der Waals surface area contributed by atoms with Crippen LogP contribution in [-0.4, -0.2) is 39.1 Å². The van der Waals surface area contributed by atoms with E-state index in [4.69, 9.17) is 10.5 Å². The summed E-state index contributed by atoms with van der Waals surface area (Å²) in [6.45, 7) is 0.161. The van der Waals surface area contributed by atoms with Gasteiger partial charge in [-0.05, 0) is 6.07 Å². The van der Waals surface area contributed by atoms with Crippen LogP contribution in [0.5, 0.6) is 5.75 Å². The van der Waals surface area contributed by atoms with E-state index in [-0.39, 0.29) is 25.0 Å². The van der Waals surface area contributed by atoms with Gasteiger partial charge in [-0.3, -0.25) is 9.59 Å². The highest BCUT2D eigenvalue weighted by Crippen LogP contribution is 2.36. The monoisotopic (exact) mass is 264 g/mol. The Kier molecular flexibility index (Phi) is 3.46. The van der Waals surface area contributed by atoms with Crippen LogP contribution in [0.15, 0.2) is 12.1 Å². The zero-order valence-electron chi connectivity index (χ0n) is 10.8. The molecule has 1 heterocycles. The predicted molar refractivity (Wildman–Crippen MR) is 72.3 cm³/mol. The topological polar surface area (TPSA) is 96.7 Å². The highest BCUT2D eigenvalue weighted by molar-refractivity contribution is 5.97. The highest BCUT2D eigenvalue weighted by Gasteiger charge is 2.19. The first kappa shape index (κ1) is 13.0. The van der Waals surface area contributed by atoms with E-state index in [2.05, 4.69) is 10.6 Å². The molecular weight excluding hydrogens is 248 g/mol. The molecule has 0 saturated heterocycles. The fourth-order valence-electron chi connectivity index (χ4n) is 1.84. The molecule has 1 aromatic rings. The number of carbonyl (C=O) groups excluding carboxylic acids is 2. The lowest BCUT2D eigenvalue weighted by Gasteiger charge is -2.24. The summed E-state index contributed by atoms with van der Waals surface area (Å²) < 4.78 is 5.26. The maximum Gasteiger partial charge on any atom is 0.262 e. The number of benzene rings is 1. The van der Waals surface area contributed by atoms with Crippen molar-refractivity contribution < 1.29 is 14.3 Å². The number of nitrogens with zero attached hydrogens (tertiary/aromatic N) is 1. The molecule has 7 nitrogen and oxygen atoms in total. The van der Waals surface area contributed by atoms with Gasteiger partial charge in [0.05, 0.1) is 23.6 Å². The second kappa shape index (κ2) is 5.05. The van der Waals surface area contributed by atoms with Crippen LogP contribution in [0.25, 0.3) is 0 Å². The van der Waals surface area contributed by atoms with Crippen LogP contribution in [0.4, 0.5) is 17.1 Å². The van der Waals surface area contributed by atoms with Gasteiger partial charge in [-0.2, -0.15) is 0 Å². The minimum absolute atomic E-state index is 0.0140. The molecule has 19 heavy (non-hydrogen) atoms. The minimum atomic E-state index is -0.211. The van der Waals surface area contributed by atoms with E-state index >= 15 is 0 Å². The second-order valence-corrected chi connectivity index (χ2v) is 4.27. The van der Waals surface area contributed by atoms with Gasteiger partial charge in [0.2, 0.25) is 5.91 Å². The number of nitrogens with one attached hydrogen (secondary N) is 2. The van der Waals surface area contributed by atoms with E-state index in [0.29, 0.717) is 22.8 Å². The normalized spacial score (nSPS) is 13.1. The lowest BCUT2D eigenvalue weighted by molar-refractivity contribution is -0.119. The first-order valence-corrected chi connectivity index (χ1v) is 5.79. The molecule has 0 bridgehead atoms. The maximum atomic E-state index is 11.4. The third kappa shape index (κ3) is 2.70. The Morgan fingerprint density at radius 3 is 3.00 bits per heavy atom. The largest absolute Gasteiger partial charge is 0.482 e. The molecule has 0 fully saturated rings. The summed E-state index contributed by atoms with van der Waals surface area (Å²) in [5, 5.41) is 5.24. The minimum Gasteiger partial charge on any atom is -0.482 e. The van der Waals surface area contributed by atoms with E-state index in [1.807, 2.05) is 0 Å². The van der Waals surface area contributed by atoms with Crippen LogP contribution in [0.2, 0.25) is 0 Å². The lowest BCUT2D eigenvalue weighted by atomic mass is 10.2. The summed E-state index contributed by atoms with van der Waals surface area (Å²) in [6, 6.07) is 3.34. The Morgan fingerprint density at radius 1 is 1.58 bits per heavy atom. The molecule has 0 aromatic heterocycles. The smallest absolute Gasteiger partial charge is 0.262 e. The van der Waals surface area contributed by atoms with Crippen molar-refractivity contribution in [1.29, 1.82) is 0 Å². The summed E-state index contributed by atoms with van der Waals surface area (Å²) in [5.74, 6) is 0.200. The molecule has 7 heteroatoms. The van der Waals surface area contributed by atoms with Crippen molar-refractivity contribution in [2.45, 2.75) is 0 Å². The first-order chi connectivity index (χ1) is 9.01. The molecule has 0 atom stereocenters. The van der Waals surface area contributed by atoms with Gasteiger partial charge >= 0.3 is 0 Å². The van der Waals surface area contributed by atoms with E-state index in [1.54, 1.807) is 31.1 Å². The average Bonchev–Trinajstić information content (AvgIpc) is 2.38. The van der Waals surface area contributed by atoms with E-state index < -0.39 is 0 Å². The van der Waals surface area contributed by atoms with Crippen LogP contribution in [0.1, 0.15) is 0 Å². The molecule has 1 aromatic carbocycles. The van der Waals surface area contributed by atoms with Crippen molar-refractivity contribution in [1.82, 2.24) is 5.32 Å². The number of nitrogens with two attached hydrogens (primary N) is 1. The molecule has 1 aliphatic heterocycles. The second-order valence-electron chi connectivity index (χ2n) is 4.27. The number of anilines is 3. The van der Waals surface area contributed by atoms with Gasteiger partial charge in [0.25, 0.3) is 5.91 Å². The first-order valence-electron chi connectivity index (χ1n) is 5.79. The zero-order chi connectivity index (χ0) is 14.0. The van der Waals surface area contributed by atoms with E-state index in [0.717, 1.165) is 0 Å². The molecule has 0 radical (unpaired) electrons. The van der Waals surface area contributed by atoms with Gasteiger partial charge in [0.15, 0.2) is 6.61 Å². The third-order valence-corrected chi connectivity index (χ3v) is 2.83. The standard InChI is InChI=1S/C12H16N4O3/c1-14-11(17)5-16(2)9-4-8-10(3-7(9)13)19-6-12(18)15-8/h3-4H,5-6,13H2,1-2H3,(H,14,17)(H,15,18). The van der Waals surface area contributed by atoms with Crippen molar-refractivity contribution >= 4 is 28.9 Å². The fraction of sp³-hybridized carbons (Fsp3) is 0.333. The Morgan fingerprint density at radius 2 is 2.32 bits per heavy atom. The van der Waals surface area contributed by atoms with Crippen molar-refractivity contribution in [3.05, 3.63) is 12.1 Å². The summed E-state index contributed by atoms with van der Waals surface area (Å²) in [4.78, 5) is 24.3. The summed E-state index contributed by atoms with van der Waals surface area (Å²) in [6.07, 6.45) is 0. The van der Waals surface area contributed by atoms with Gasteiger partial charge in [-0.15, -0.1) is 0 Å². The van der Waals surface area contributed by atoms with Gasteiger partial charge in [-0.1, -0.05) is 0 Å². The summed E-state index contributed by atoms with van der Waals surface area (Å²) in [5.41, 5.74) is 7.64. The van der Waals surface area contributed by atoms with Crippen molar-refractivity contribution in [2.24, 2.45) is 0 Å². The number of fused-ring (bicyclic) bond motifs is 1. The molecule has 0 unspecified atom stereocenters. The highest BCUT2D eigenvalue weighted by atomic mass is 16.5. The van der Waals surface area contributed by atoms with Crippen molar-refractivity contribution in [3.63, 3.8) is 0 Å².